The van der Waals surface area contributed by atoms with E-state index in [0.29, 0.717) is 33.6 Å². The summed E-state index contributed by atoms with van der Waals surface area (Å²) in [6, 6.07) is 4.37. The van der Waals surface area contributed by atoms with Crippen LogP contribution in [0.4, 0.5) is 4.39 Å². The van der Waals surface area contributed by atoms with Crippen LogP contribution < -0.4 is 4.74 Å². The van der Waals surface area contributed by atoms with Crippen LogP contribution in [0.2, 0.25) is 0 Å². The Bertz CT molecular complexity index is 610. The summed E-state index contributed by atoms with van der Waals surface area (Å²) in [5.74, 6) is 0.171. The molecule has 0 saturated heterocycles. The first-order chi connectivity index (χ1) is 8.52. The molecule has 0 bridgehead atoms. The van der Waals surface area contributed by atoms with Crippen molar-refractivity contribution in [3.63, 3.8) is 0 Å². The van der Waals surface area contributed by atoms with E-state index < -0.39 is 5.82 Å². The fraction of sp³-hybridized carbons (Fsp3) is 0.167. The quantitative estimate of drug-likeness (QED) is 0.817. The van der Waals surface area contributed by atoms with Crippen LogP contribution in [0.1, 0.15) is 16.1 Å². The van der Waals surface area contributed by atoms with Gasteiger partial charge in [-0.1, -0.05) is 0 Å². The molecule has 18 heavy (non-hydrogen) atoms. The van der Waals surface area contributed by atoms with E-state index in [1.54, 1.807) is 20.0 Å². The van der Waals surface area contributed by atoms with Gasteiger partial charge in [0.2, 0.25) is 5.88 Å². The van der Waals surface area contributed by atoms with Crippen LogP contribution >= 0.6 is 15.9 Å². The van der Waals surface area contributed by atoms with Gasteiger partial charge < -0.3 is 4.74 Å². The van der Waals surface area contributed by atoms with Crippen LogP contribution in [0.25, 0.3) is 0 Å². The molecule has 2 aromatic rings. The summed E-state index contributed by atoms with van der Waals surface area (Å²) < 4.78 is 20.6. The Hall–Kier alpha value is -1.69. The zero-order valence-electron chi connectivity index (χ0n) is 9.78. The maximum atomic E-state index is 13.4. The number of benzene rings is 1. The maximum absolute atomic E-state index is 13.4. The van der Waals surface area contributed by atoms with Crippen molar-refractivity contribution in [1.29, 1.82) is 0 Å². The fourth-order valence-corrected chi connectivity index (χ4v) is 1.81. The van der Waals surface area contributed by atoms with Crippen LogP contribution in [0.15, 0.2) is 22.7 Å². The van der Waals surface area contributed by atoms with Gasteiger partial charge in [-0.05, 0) is 35.0 Å². The van der Waals surface area contributed by atoms with E-state index in [0.717, 1.165) is 0 Å². The van der Waals surface area contributed by atoms with Gasteiger partial charge in [-0.15, -0.1) is 0 Å². The van der Waals surface area contributed by atoms with Gasteiger partial charge in [0.05, 0.1) is 15.7 Å². The van der Waals surface area contributed by atoms with Crippen LogP contribution in [0.3, 0.4) is 0 Å². The SMILES string of the molecule is Cc1nn(C)c(Oc2ccc(Br)c(F)c2)c1C=O. The summed E-state index contributed by atoms with van der Waals surface area (Å²) in [6.45, 7) is 1.71. The Labute approximate surface area is 111 Å². The van der Waals surface area contributed by atoms with Crippen molar-refractivity contribution in [3.8, 4) is 11.6 Å². The molecule has 0 aliphatic carbocycles. The second kappa shape index (κ2) is 4.89. The van der Waals surface area contributed by atoms with E-state index in [4.69, 9.17) is 4.74 Å². The number of aromatic nitrogens is 2. The largest absolute Gasteiger partial charge is 0.438 e. The molecule has 0 unspecified atom stereocenters. The van der Waals surface area contributed by atoms with Crippen molar-refractivity contribution in [1.82, 2.24) is 9.78 Å². The van der Waals surface area contributed by atoms with Gasteiger partial charge in [-0.2, -0.15) is 5.10 Å². The number of carbonyl (C=O) groups is 1. The zero-order chi connectivity index (χ0) is 13.3. The van der Waals surface area contributed by atoms with Gasteiger partial charge in [0, 0.05) is 13.1 Å². The lowest BCUT2D eigenvalue weighted by molar-refractivity contribution is 0.112. The van der Waals surface area contributed by atoms with E-state index in [-0.39, 0.29) is 0 Å². The number of rotatable bonds is 3. The first-order valence-corrected chi connectivity index (χ1v) is 5.94. The van der Waals surface area contributed by atoms with Gasteiger partial charge >= 0.3 is 0 Å². The summed E-state index contributed by atoms with van der Waals surface area (Å²) in [6.07, 6.45) is 0.673. The van der Waals surface area contributed by atoms with Crippen molar-refractivity contribution < 1.29 is 13.9 Å². The Kier molecular flexibility index (Phi) is 3.47. The van der Waals surface area contributed by atoms with Crippen LogP contribution in [0.5, 0.6) is 11.6 Å². The number of halogens is 2. The minimum Gasteiger partial charge on any atom is -0.438 e. The molecule has 1 aromatic carbocycles. The molecule has 0 fully saturated rings. The molecule has 4 nitrogen and oxygen atoms in total. The molecule has 0 atom stereocenters. The molecule has 0 aliphatic heterocycles. The monoisotopic (exact) mass is 312 g/mol. The number of nitrogens with zero attached hydrogens (tertiary/aromatic N) is 2. The third-order valence-corrected chi connectivity index (χ3v) is 3.08. The van der Waals surface area contributed by atoms with Crippen molar-refractivity contribution in [2.45, 2.75) is 6.92 Å². The second-order valence-electron chi connectivity index (χ2n) is 3.72. The van der Waals surface area contributed by atoms with Crippen molar-refractivity contribution in [3.05, 3.63) is 39.7 Å². The number of ether oxygens (including phenoxy) is 1. The molecule has 0 saturated carbocycles. The first-order valence-electron chi connectivity index (χ1n) is 5.14. The Morgan fingerprint density at radius 3 is 2.83 bits per heavy atom. The smallest absolute Gasteiger partial charge is 0.228 e. The standard InChI is InChI=1S/C12H10BrFN2O2/c1-7-9(6-17)12(16(2)15-7)18-8-3-4-10(13)11(14)5-8/h3-6H,1-2H3. The van der Waals surface area contributed by atoms with E-state index in [1.807, 2.05) is 0 Å². The number of hydrogen-bond donors (Lipinski definition) is 0. The highest BCUT2D eigenvalue weighted by Gasteiger charge is 2.15. The molecule has 0 aliphatic rings. The minimum atomic E-state index is -0.431. The highest BCUT2D eigenvalue weighted by molar-refractivity contribution is 9.10. The lowest BCUT2D eigenvalue weighted by Crippen LogP contribution is -1.97. The Morgan fingerprint density at radius 2 is 2.22 bits per heavy atom. The van der Waals surface area contributed by atoms with Gasteiger partial charge in [0.15, 0.2) is 6.29 Å². The van der Waals surface area contributed by atoms with Gasteiger partial charge in [-0.3, -0.25) is 4.79 Å². The molecular formula is C12H10BrFN2O2. The number of aryl methyl sites for hydroxylation is 2. The van der Waals surface area contributed by atoms with Gasteiger partial charge in [-0.25, -0.2) is 9.07 Å². The normalized spacial score (nSPS) is 10.4. The molecule has 0 amide bonds. The molecule has 6 heteroatoms. The van der Waals surface area contributed by atoms with Crippen LogP contribution in [-0.4, -0.2) is 16.1 Å². The third kappa shape index (κ3) is 2.28. The highest BCUT2D eigenvalue weighted by atomic mass is 79.9. The zero-order valence-corrected chi connectivity index (χ0v) is 11.4. The number of carbonyl (C=O) groups excluding carboxylic acids is 1. The molecule has 1 heterocycles. The molecule has 1 aromatic heterocycles. The average Bonchev–Trinajstić information content (AvgIpc) is 2.58. The number of aldehydes is 1. The minimum absolute atomic E-state index is 0.296. The first kappa shape index (κ1) is 12.8. The van der Waals surface area contributed by atoms with E-state index in [9.17, 15) is 9.18 Å². The summed E-state index contributed by atoms with van der Waals surface area (Å²) in [4.78, 5) is 11.0. The molecule has 0 spiro atoms. The predicted molar refractivity (Wildman–Crippen MR) is 67.5 cm³/mol. The molecule has 0 N–H and O–H groups in total. The molecule has 2 rings (SSSR count). The lowest BCUT2D eigenvalue weighted by Gasteiger charge is -2.07. The fourth-order valence-electron chi connectivity index (χ4n) is 1.56. The lowest BCUT2D eigenvalue weighted by atomic mass is 10.3. The van der Waals surface area contributed by atoms with Crippen molar-refractivity contribution in [2.75, 3.05) is 0 Å². The van der Waals surface area contributed by atoms with E-state index >= 15 is 0 Å². The Morgan fingerprint density at radius 1 is 1.50 bits per heavy atom. The van der Waals surface area contributed by atoms with Gasteiger partial charge in [0.25, 0.3) is 0 Å². The van der Waals surface area contributed by atoms with Gasteiger partial charge in [0.1, 0.15) is 11.6 Å². The van der Waals surface area contributed by atoms with Crippen LogP contribution in [0, 0.1) is 12.7 Å². The summed E-state index contributed by atoms with van der Waals surface area (Å²) in [5, 5.41) is 4.08. The molecule has 94 valence electrons. The average molecular weight is 313 g/mol. The summed E-state index contributed by atoms with van der Waals surface area (Å²) >= 11 is 3.06. The van der Waals surface area contributed by atoms with Crippen LogP contribution in [-0.2, 0) is 7.05 Å². The van der Waals surface area contributed by atoms with E-state index in [1.165, 1.54) is 16.8 Å². The third-order valence-electron chi connectivity index (χ3n) is 2.44. The van der Waals surface area contributed by atoms with Crippen molar-refractivity contribution in [2.24, 2.45) is 7.05 Å². The molecule has 0 radical (unpaired) electrons. The summed E-state index contributed by atoms with van der Waals surface area (Å²) in [5.41, 5.74) is 0.931. The summed E-state index contributed by atoms with van der Waals surface area (Å²) in [7, 11) is 1.66. The second-order valence-corrected chi connectivity index (χ2v) is 4.58. The Balaban J connectivity index is 2.39. The van der Waals surface area contributed by atoms with Crippen molar-refractivity contribution >= 4 is 22.2 Å². The predicted octanol–water partition coefficient (Wildman–Crippen LogP) is 3.23. The topological polar surface area (TPSA) is 44.1 Å². The maximum Gasteiger partial charge on any atom is 0.228 e. The molecular weight excluding hydrogens is 303 g/mol. The van der Waals surface area contributed by atoms with E-state index in [2.05, 4.69) is 21.0 Å². The number of hydrogen-bond acceptors (Lipinski definition) is 3. The highest BCUT2D eigenvalue weighted by Crippen LogP contribution is 2.28.